The first kappa shape index (κ1) is 21.6. The molecule has 0 atom stereocenters. The van der Waals surface area contributed by atoms with Crippen molar-refractivity contribution in [1.82, 2.24) is 15.0 Å². The smallest absolute Gasteiger partial charge is 0.258 e. The van der Waals surface area contributed by atoms with Crippen molar-refractivity contribution in [3.8, 4) is 11.4 Å². The van der Waals surface area contributed by atoms with Crippen molar-refractivity contribution >= 4 is 22.5 Å². The van der Waals surface area contributed by atoms with E-state index in [1.807, 2.05) is 50.4 Å². The van der Waals surface area contributed by atoms with Crippen LogP contribution in [0.25, 0.3) is 22.3 Å². The Kier molecular flexibility index (Phi) is 5.48. The van der Waals surface area contributed by atoms with Crippen LogP contribution in [0.1, 0.15) is 41.0 Å². The van der Waals surface area contributed by atoms with E-state index in [-0.39, 0.29) is 5.91 Å². The topological polar surface area (TPSA) is 79.2 Å². The van der Waals surface area contributed by atoms with Crippen LogP contribution in [0.2, 0.25) is 0 Å². The maximum atomic E-state index is 13.1. The number of fused-ring (bicyclic) bond motifs is 1. The molecule has 2 heterocycles. The van der Waals surface area contributed by atoms with E-state index in [1.54, 1.807) is 44.1 Å². The lowest BCUT2D eigenvalue weighted by molar-refractivity contribution is 0.0737. The molecule has 1 N–H and O–H groups in total. The van der Waals surface area contributed by atoms with Crippen LogP contribution in [0, 0.1) is 13.8 Å². The van der Waals surface area contributed by atoms with Gasteiger partial charge in [0.1, 0.15) is 5.60 Å². The first-order valence-corrected chi connectivity index (χ1v) is 10.4. The summed E-state index contributed by atoms with van der Waals surface area (Å²) in [5.41, 5.74) is 4.48. The first-order valence-electron chi connectivity index (χ1n) is 10.4. The number of anilines is 1. The molecule has 0 bridgehead atoms. The lowest BCUT2D eigenvalue weighted by Gasteiger charge is -2.22. The molecular formula is C26H26N4O2. The van der Waals surface area contributed by atoms with Gasteiger partial charge in [-0.15, -0.1) is 0 Å². The SMILES string of the molecule is Cc1ccc2nc(-c3ccc(N(C)C(=O)c4ccnc(C(C)(C)O)c4)c(C)c3)ncc2c1. The predicted octanol–water partition coefficient (Wildman–Crippen LogP) is 4.81. The Morgan fingerprint density at radius 2 is 1.78 bits per heavy atom. The molecule has 0 saturated heterocycles. The largest absolute Gasteiger partial charge is 0.384 e. The van der Waals surface area contributed by atoms with Crippen LogP contribution in [0.5, 0.6) is 0 Å². The van der Waals surface area contributed by atoms with Crippen molar-refractivity contribution in [2.75, 3.05) is 11.9 Å². The summed E-state index contributed by atoms with van der Waals surface area (Å²) >= 11 is 0. The van der Waals surface area contributed by atoms with Crippen molar-refractivity contribution < 1.29 is 9.90 Å². The monoisotopic (exact) mass is 426 g/mol. The highest BCUT2D eigenvalue weighted by Crippen LogP contribution is 2.27. The van der Waals surface area contributed by atoms with Gasteiger partial charge in [0.25, 0.3) is 5.91 Å². The van der Waals surface area contributed by atoms with E-state index >= 15 is 0 Å². The van der Waals surface area contributed by atoms with Crippen LogP contribution < -0.4 is 4.90 Å². The zero-order valence-corrected chi connectivity index (χ0v) is 18.9. The third-order valence-corrected chi connectivity index (χ3v) is 5.49. The van der Waals surface area contributed by atoms with E-state index in [9.17, 15) is 9.90 Å². The number of hydrogen-bond acceptors (Lipinski definition) is 5. The second-order valence-corrected chi connectivity index (χ2v) is 8.61. The van der Waals surface area contributed by atoms with Gasteiger partial charge in [0, 0.05) is 41.6 Å². The number of aliphatic hydroxyl groups is 1. The Bertz CT molecular complexity index is 1330. The van der Waals surface area contributed by atoms with Gasteiger partial charge in [0.15, 0.2) is 5.82 Å². The van der Waals surface area contributed by atoms with Gasteiger partial charge < -0.3 is 10.0 Å². The molecule has 0 aliphatic carbocycles. The van der Waals surface area contributed by atoms with Crippen LogP contribution >= 0.6 is 0 Å². The normalized spacial score (nSPS) is 11.6. The molecule has 0 spiro atoms. The summed E-state index contributed by atoms with van der Waals surface area (Å²) < 4.78 is 0. The van der Waals surface area contributed by atoms with Crippen molar-refractivity contribution in [2.24, 2.45) is 0 Å². The zero-order valence-electron chi connectivity index (χ0n) is 18.9. The molecule has 32 heavy (non-hydrogen) atoms. The predicted molar refractivity (Wildman–Crippen MR) is 127 cm³/mol. The molecular weight excluding hydrogens is 400 g/mol. The van der Waals surface area contributed by atoms with Crippen LogP contribution in [0.4, 0.5) is 5.69 Å². The molecule has 0 aliphatic rings. The van der Waals surface area contributed by atoms with Gasteiger partial charge in [-0.2, -0.15) is 0 Å². The van der Waals surface area contributed by atoms with Crippen molar-refractivity contribution in [3.63, 3.8) is 0 Å². The molecule has 6 nitrogen and oxygen atoms in total. The molecule has 4 aromatic rings. The van der Waals surface area contributed by atoms with Crippen molar-refractivity contribution in [2.45, 2.75) is 33.3 Å². The van der Waals surface area contributed by atoms with E-state index < -0.39 is 5.60 Å². The number of carbonyl (C=O) groups excluding carboxylic acids is 1. The van der Waals surface area contributed by atoms with E-state index in [0.717, 1.165) is 27.7 Å². The fourth-order valence-corrected chi connectivity index (χ4v) is 3.66. The number of hydrogen-bond donors (Lipinski definition) is 1. The minimum atomic E-state index is -1.12. The number of rotatable bonds is 4. The lowest BCUT2D eigenvalue weighted by atomic mass is 10.0. The molecule has 162 valence electrons. The molecule has 2 aromatic carbocycles. The highest BCUT2D eigenvalue weighted by molar-refractivity contribution is 6.06. The van der Waals surface area contributed by atoms with Gasteiger partial charge >= 0.3 is 0 Å². The third-order valence-electron chi connectivity index (χ3n) is 5.49. The van der Waals surface area contributed by atoms with Gasteiger partial charge in [0.2, 0.25) is 0 Å². The quantitative estimate of drug-likeness (QED) is 0.506. The molecule has 1 amide bonds. The summed E-state index contributed by atoms with van der Waals surface area (Å²) in [6, 6.07) is 15.2. The summed E-state index contributed by atoms with van der Waals surface area (Å²) in [7, 11) is 1.74. The Morgan fingerprint density at radius 3 is 2.50 bits per heavy atom. The van der Waals surface area contributed by atoms with Gasteiger partial charge in [-0.25, -0.2) is 9.97 Å². The highest BCUT2D eigenvalue weighted by atomic mass is 16.3. The van der Waals surface area contributed by atoms with E-state index in [0.29, 0.717) is 17.1 Å². The summed E-state index contributed by atoms with van der Waals surface area (Å²) in [6.07, 6.45) is 3.39. The number of aryl methyl sites for hydroxylation is 2. The second kappa shape index (κ2) is 8.13. The van der Waals surface area contributed by atoms with Crippen LogP contribution in [-0.2, 0) is 5.60 Å². The van der Waals surface area contributed by atoms with Crippen molar-refractivity contribution in [1.29, 1.82) is 0 Å². The summed E-state index contributed by atoms with van der Waals surface area (Å²) in [6.45, 7) is 7.30. The maximum absolute atomic E-state index is 13.1. The molecule has 0 radical (unpaired) electrons. The highest BCUT2D eigenvalue weighted by Gasteiger charge is 2.21. The Labute approximate surface area is 187 Å². The zero-order chi connectivity index (χ0) is 23.0. The molecule has 0 unspecified atom stereocenters. The van der Waals surface area contributed by atoms with Gasteiger partial charge in [0.05, 0.1) is 11.2 Å². The van der Waals surface area contributed by atoms with E-state index in [2.05, 4.69) is 16.0 Å². The minimum absolute atomic E-state index is 0.175. The standard InChI is InChI=1S/C26H26N4O2/c1-16-6-8-21-20(12-16)15-28-24(29-21)18-7-9-22(17(2)13-18)30(5)25(31)19-10-11-27-23(14-19)26(3,4)32/h6-15,32H,1-5H3. The second-order valence-electron chi connectivity index (χ2n) is 8.61. The average Bonchev–Trinajstić information content (AvgIpc) is 2.77. The lowest BCUT2D eigenvalue weighted by Crippen LogP contribution is -2.28. The minimum Gasteiger partial charge on any atom is -0.384 e. The molecule has 0 aliphatic heterocycles. The fraction of sp³-hybridized carbons (Fsp3) is 0.231. The third kappa shape index (κ3) is 4.22. The van der Waals surface area contributed by atoms with Gasteiger partial charge in [-0.3, -0.25) is 9.78 Å². The molecule has 4 rings (SSSR count). The Hall–Kier alpha value is -3.64. The van der Waals surface area contributed by atoms with Gasteiger partial charge in [-0.05, 0) is 75.7 Å². The number of nitrogens with zero attached hydrogens (tertiary/aromatic N) is 4. The van der Waals surface area contributed by atoms with Crippen LogP contribution in [-0.4, -0.2) is 33.0 Å². The number of amides is 1. The van der Waals surface area contributed by atoms with Crippen LogP contribution in [0.3, 0.4) is 0 Å². The number of benzene rings is 2. The Balaban J connectivity index is 1.63. The summed E-state index contributed by atoms with van der Waals surface area (Å²) in [4.78, 5) is 28.1. The molecule has 6 heteroatoms. The van der Waals surface area contributed by atoms with Gasteiger partial charge in [-0.1, -0.05) is 11.6 Å². The first-order chi connectivity index (χ1) is 15.1. The van der Waals surface area contributed by atoms with E-state index in [4.69, 9.17) is 4.98 Å². The molecule has 0 fully saturated rings. The fourth-order valence-electron chi connectivity index (χ4n) is 3.66. The molecule has 0 saturated carbocycles. The summed E-state index contributed by atoms with van der Waals surface area (Å²) in [5.74, 6) is 0.472. The maximum Gasteiger partial charge on any atom is 0.258 e. The number of pyridine rings is 1. The number of aromatic nitrogens is 3. The van der Waals surface area contributed by atoms with Crippen LogP contribution in [0.15, 0.2) is 60.9 Å². The number of carbonyl (C=O) groups is 1. The van der Waals surface area contributed by atoms with E-state index in [1.165, 1.54) is 5.56 Å². The molecule has 2 aromatic heterocycles. The Morgan fingerprint density at radius 1 is 1.00 bits per heavy atom. The van der Waals surface area contributed by atoms with Crippen molar-refractivity contribution in [3.05, 3.63) is 83.3 Å². The summed E-state index contributed by atoms with van der Waals surface area (Å²) in [5, 5.41) is 11.2. The average molecular weight is 427 g/mol.